The highest BCUT2D eigenvalue weighted by Crippen LogP contribution is 2.31. The molecule has 0 bridgehead atoms. The fourth-order valence-corrected chi connectivity index (χ4v) is 6.34. The van der Waals surface area contributed by atoms with Gasteiger partial charge in [0.1, 0.15) is 5.82 Å². The number of fused-ring (bicyclic) bond motifs is 1. The van der Waals surface area contributed by atoms with Crippen LogP contribution in [-0.2, 0) is 0 Å². The Hall–Kier alpha value is -1.54. The van der Waals surface area contributed by atoms with Crippen molar-refractivity contribution < 1.29 is 0 Å². The molecule has 0 unspecified atom stereocenters. The molecule has 1 saturated carbocycles. The van der Waals surface area contributed by atoms with Gasteiger partial charge in [-0.2, -0.15) is 4.37 Å². The Bertz CT molecular complexity index is 909. The Morgan fingerprint density at radius 1 is 1.03 bits per heavy atom. The maximum atomic E-state index is 4.74. The molecule has 1 aromatic carbocycles. The first-order chi connectivity index (χ1) is 14.8. The molecule has 3 heterocycles. The quantitative estimate of drug-likeness (QED) is 0.506. The van der Waals surface area contributed by atoms with E-state index in [9.17, 15) is 0 Å². The molecule has 3 aromatic rings. The summed E-state index contributed by atoms with van der Waals surface area (Å²) in [6.07, 6.45) is 8.70. The van der Waals surface area contributed by atoms with E-state index in [0.29, 0.717) is 6.04 Å². The van der Waals surface area contributed by atoms with Crippen LogP contribution in [0.1, 0.15) is 32.1 Å². The van der Waals surface area contributed by atoms with Crippen LogP contribution in [0.4, 0.5) is 5.82 Å². The molecule has 5 rings (SSSR count). The van der Waals surface area contributed by atoms with Gasteiger partial charge < -0.3 is 9.88 Å². The van der Waals surface area contributed by atoms with E-state index < -0.39 is 0 Å². The van der Waals surface area contributed by atoms with Gasteiger partial charge in [-0.15, -0.1) is 0 Å². The van der Waals surface area contributed by atoms with Gasteiger partial charge in [-0.3, -0.25) is 9.62 Å². The summed E-state index contributed by atoms with van der Waals surface area (Å²) >= 11 is 3.37. The minimum atomic E-state index is 0.658. The average Bonchev–Trinajstić information content (AvgIpc) is 3.47. The lowest BCUT2D eigenvalue weighted by Crippen LogP contribution is -2.47. The molecular formula is C23H31N5S2. The van der Waals surface area contributed by atoms with Gasteiger partial charge in [-0.05, 0) is 92.3 Å². The number of aromatic amines is 1. The Morgan fingerprint density at radius 2 is 1.87 bits per heavy atom. The molecule has 1 aliphatic heterocycles. The zero-order valence-electron chi connectivity index (χ0n) is 17.4. The molecule has 7 heteroatoms. The number of benzene rings is 1. The first-order valence-corrected chi connectivity index (χ1v) is 12.8. The van der Waals surface area contributed by atoms with Crippen molar-refractivity contribution in [2.75, 3.05) is 37.6 Å². The summed E-state index contributed by atoms with van der Waals surface area (Å²) in [4.78, 5) is 8.39. The highest BCUT2D eigenvalue weighted by atomic mass is 32.2. The molecule has 0 radical (unpaired) electrons. The molecule has 1 saturated heterocycles. The summed E-state index contributed by atoms with van der Waals surface area (Å²) in [5.74, 6) is 2.09. The number of aromatic nitrogens is 2. The molecule has 1 aliphatic carbocycles. The largest absolute Gasteiger partial charge is 0.355 e. The summed E-state index contributed by atoms with van der Waals surface area (Å²) in [7, 11) is 0. The van der Waals surface area contributed by atoms with Gasteiger partial charge in [-0.1, -0.05) is 12.1 Å². The monoisotopic (exact) mass is 441 g/mol. The molecule has 2 aliphatic rings. The predicted octanol–water partition coefficient (Wildman–Crippen LogP) is 4.99. The first kappa shape index (κ1) is 20.4. The fourth-order valence-electron chi connectivity index (χ4n) is 4.74. The van der Waals surface area contributed by atoms with Crippen LogP contribution in [0.15, 0.2) is 47.6 Å². The Balaban J connectivity index is 1.02. The summed E-state index contributed by atoms with van der Waals surface area (Å²) < 4.78 is 9.68. The van der Waals surface area contributed by atoms with Gasteiger partial charge >= 0.3 is 0 Å². The highest BCUT2D eigenvalue weighted by Gasteiger charge is 2.24. The van der Waals surface area contributed by atoms with Crippen LogP contribution in [0.3, 0.4) is 0 Å². The minimum Gasteiger partial charge on any atom is -0.355 e. The van der Waals surface area contributed by atoms with Crippen LogP contribution < -0.4 is 9.62 Å². The molecular weight excluding hydrogens is 410 g/mol. The van der Waals surface area contributed by atoms with Gasteiger partial charge in [-0.25, -0.2) is 0 Å². The SMILES string of the molecule is c1c[nH]c(SNC2CCC(CCN3CCN(c4nsc5ccccc45)CC3)CC2)c1. The van der Waals surface area contributed by atoms with E-state index in [1.54, 1.807) is 23.5 Å². The van der Waals surface area contributed by atoms with Crippen molar-refractivity contribution in [3.8, 4) is 0 Å². The van der Waals surface area contributed by atoms with Gasteiger partial charge in [0.25, 0.3) is 0 Å². The standard InChI is InChI=1S/C23H31N5S2/c1-2-5-21-20(4-1)23(26-29-21)28-16-14-27(15-17-28)13-11-18-7-9-19(10-8-18)25-30-22-6-3-12-24-22/h1-6,12,18-19,24-25H,7-11,13-17H2. The van der Waals surface area contributed by atoms with Crippen molar-refractivity contribution in [1.29, 1.82) is 0 Å². The number of piperazine rings is 1. The van der Waals surface area contributed by atoms with Gasteiger partial charge in [0.15, 0.2) is 0 Å². The smallest absolute Gasteiger partial charge is 0.150 e. The fraction of sp³-hybridized carbons (Fsp3) is 0.522. The molecule has 5 nitrogen and oxygen atoms in total. The third-order valence-corrected chi connectivity index (χ3v) is 8.38. The van der Waals surface area contributed by atoms with Crippen LogP contribution >= 0.6 is 23.5 Å². The van der Waals surface area contributed by atoms with Crippen molar-refractivity contribution in [3.63, 3.8) is 0 Å². The van der Waals surface area contributed by atoms with E-state index in [4.69, 9.17) is 4.37 Å². The van der Waals surface area contributed by atoms with Crippen LogP contribution in [0, 0.1) is 5.92 Å². The summed E-state index contributed by atoms with van der Waals surface area (Å²) in [5.41, 5.74) is 0. The van der Waals surface area contributed by atoms with E-state index in [1.807, 2.05) is 6.20 Å². The zero-order chi connectivity index (χ0) is 20.2. The van der Waals surface area contributed by atoms with E-state index in [1.165, 1.54) is 59.6 Å². The van der Waals surface area contributed by atoms with Crippen LogP contribution in [0.25, 0.3) is 10.1 Å². The molecule has 2 fully saturated rings. The number of H-pyrrole nitrogens is 1. The molecule has 2 aromatic heterocycles. The number of nitrogens with one attached hydrogen (secondary N) is 2. The minimum absolute atomic E-state index is 0.658. The second-order valence-electron chi connectivity index (χ2n) is 8.59. The van der Waals surface area contributed by atoms with E-state index in [2.05, 4.69) is 55.9 Å². The third-order valence-electron chi connectivity index (χ3n) is 6.64. The van der Waals surface area contributed by atoms with Gasteiger partial charge in [0.2, 0.25) is 0 Å². The number of rotatable bonds is 7. The van der Waals surface area contributed by atoms with Gasteiger partial charge in [0.05, 0.1) is 9.73 Å². The third kappa shape index (κ3) is 4.85. The predicted molar refractivity (Wildman–Crippen MR) is 128 cm³/mol. The Labute approximate surface area is 187 Å². The Kier molecular flexibility index (Phi) is 6.60. The highest BCUT2D eigenvalue weighted by molar-refractivity contribution is 7.97. The van der Waals surface area contributed by atoms with Crippen LogP contribution in [0.5, 0.6) is 0 Å². The summed E-state index contributed by atoms with van der Waals surface area (Å²) in [6, 6.07) is 13.5. The molecule has 160 valence electrons. The number of nitrogens with zero attached hydrogens (tertiary/aromatic N) is 3. The van der Waals surface area contributed by atoms with E-state index >= 15 is 0 Å². The van der Waals surface area contributed by atoms with Crippen molar-refractivity contribution in [1.82, 2.24) is 19.0 Å². The maximum Gasteiger partial charge on any atom is 0.150 e. The van der Waals surface area contributed by atoms with E-state index in [0.717, 1.165) is 32.1 Å². The van der Waals surface area contributed by atoms with E-state index in [-0.39, 0.29) is 0 Å². The second kappa shape index (κ2) is 9.73. The first-order valence-electron chi connectivity index (χ1n) is 11.2. The number of anilines is 1. The normalized spacial score (nSPS) is 23.3. The number of hydrogen-bond acceptors (Lipinski definition) is 6. The topological polar surface area (TPSA) is 47.2 Å². The van der Waals surface area contributed by atoms with Crippen LogP contribution in [0.2, 0.25) is 0 Å². The molecule has 30 heavy (non-hydrogen) atoms. The van der Waals surface area contributed by atoms with Gasteiger partial charge in [0, 0.05) is 43.8 Å². The maximum absolute atomic E-state index is 4.74. The Morgan fingerprint density at radius 3 is 2.67 bits per heavy atom. The molecule has 2 N–H and O–H groups in total. The second-order valence-corrected chi connectivity index (χ2v) is 10.3. The number of hydrogen-bond donors (Lipinski definition) is 2. The lowest BCUT2D eigenvalue weighted by molar-refractivity contribution is 0.215. The van der Waals surface area contributed by atoms with Crippen molar-refractivity contribution in [2.45, 2.75) is 43.2 Å². The lowest BCUT2D eigenvalue weighted by Gasteiger charge is -2.36. The molecule has 0 amide bonds. The zero-order valence-corrected chi connectivity index (χ0v) is 19.1. The molecule has 0 spiro atoms. The molecule has 0 atom stereocenters. The van der Waals surface area contributed by atoms with Crippen molar-refractivity contribution in [3.05, 3.63) is 42.6 Å². The van der Waals surface area contributed by atoms with Crippen LogP contribution in [-0.4, -0.2) is 53.0 Å². The average molecular weight is 442 g/mol. The van der Waals surface area contributed by atoms with Crippen molar-refractivity contribution in [2.24, 2.45) is 5.92 Å². The van der Waals surface area contributed by atoms with Crippen molar-refractivity contribution >= 4 is 39.4 Å². The summed E-state index contributed by atoms with van der Waals surface area (Å²) in [5, 5.41) is 2.53. The lowest BCUT2D eigenvalue weighted by atomic mass is 9.84. The summed E-state index contributed by atoms with van der Waals surface area (Å²) in [6.45, 7) is 5.78.